The number of hydrogen-bond acceptors (Lipinski definition) is 13. The summed E-state index contributed by atoms with van der Waals surface area (Å²) in [5.74, 6) is -0.257. The van der Waals surface area contributed by atoms with Gasteiger partial charge in [0.05, 0.1) is 32.0 Å². The van der Waals surface area contributed by atoms with Crippen LogP contribution in [0.15, 0.2) is 122 Å². The molecule has 77 heavy (non-hydrogen) atoms. The van der Waals surface area contributed by atoms with E-state index in [9.17, 15) is 45.6 Å². The monoisotopic (exact) mass is 1080 g/mol. The predicted molar refractivity (Wildman–Crippen MR) is 308 cm³/mol. The summed E-state index contributed by atoms with van der Waals surface area (Å²) in [7, 11) is 0. The van der Waals surface area contributed by atoms with Gasteiger partial charge in [-0.15, -0.1) is 0 Å². The zero-order valence-corrected chi connectivity index (χ0v) is 46.9. The van der Waals surface area contributed by atoms with Crippen LogP contribution in [0.4, 0.5) is 0 Å². The van der Waals surface area contributed by atoms with Crippen molar-refractivity contribution in [2.24, 2.45) is 0 Å². The molecule has 0 radical (unpaired) electrons. The Hall–Kier alpha value is -3.61. The van der Waals surface area contributed by atoms with Crippen LogP contribution in [0.5, 0.6) is 0 Å². The molecular weight excluding hydrogens is 979 g/mol. The fourth-order valence-electron chi connectivity index (χ4n) is 8.73. The summed E-state index contributed by atoms with van der Waals surface area (Å²) in [5, 5.41) is 86.9. The van der Waals surface area contributed by atoms with Crippen molar-refractivity contribution in [1.82, 2.24) is 5.32 Å². The van der Waals surface area contributed by atoms with Crippen molar-refractivity contribution in [2.45, 2.75) is 248 Å². The third-order valence-corrected chi connectivity index (χ3v) is 13.4. The minimum absolute atomic E-state index is 0.240. The summed E-state index contributed by atoms with van der Waals surface area (Å²) in [6.07, 6.45) is 50.8. The lowest BCUT2D eigenvalue weighted by atomic mass is 9.97. The van der Waals surface area contributed by atoms with E-state index < -0.39 is 86.8 Å². The number of carbonyl (C=O) groups excluding carboxylic acids is 1. The SMILES string of the molecule is CC/C=C\C/C=C\C/C=C\C/C=C\C/C=C\C/C=C\C/C=C\C/C=C\C/C=C\C/C=C\CCCCC(=O)NC(COC1OC(CO)C(OC2OC(CO)C(O)C(O)C2O)C(O)C1O)C(O)CCCCCCCCCCCC. The average molecular weight is 1080 g/mol. The van der Waals surface area contributed by atoms with Crippen molar-refractivity contribution >= 4 is 5.91 Å². The van der Waals surface area contributed by atoms with Gasteiger partial charge in [0.25, 0.3) is 0 Å². The van der Waals surface area contributed by atoms with Gasteiger partial charge in [-0.3, -0.25) is 4.79 Å². The number of rotatable bonds is 44. The minimum atomic E-state index is -1.79. The first-order chi connectivity index (χ1) is 37.6. The van der Waals surface area contributed by atoms with Crippen LogP contribution in [0, 0.1) is 0 Å². The molecule has 2 heterocycles. The van der Waals surface area contributed by atoms with Crippen LogP contribution in [0.3, 0.4) is 0 Å². The molecule has 14 nitrogen and oxygen atoms in total. The van der Waals surface area contributed by atoms with Crippen molar-refractivity contribution < 1.29 is 64.6 Å². The molecule has 2 fully saturated rings. The average Bonchev–Trinajstić information content (AvgIpc) is 3.45. The number of allylic oxidation sites excluding steroid dienone is 20. The first-order valence-corrected chi connectivity index (χ1v) is 29.3. The highest BCUT2D eigenvalue weighted by molar-refractivity contribution is 5.76. The molecule has 2 aliphatic heterocycles. The molecule has 0 aromatic carbocycles. The Balaban J connectivity index is 1.71. The van der Waals surface area contributed by atoms with Gasteiger partial charge in [0.1, 0.15) is 48.8 Å². The molecule has 1 amide bonds. The number of carbonyl (C=O) groups is 1. The molecule has 12 atom stereocenters. The van der Waals surface area contributed by atoms with Crippen LogP contribution in [-0.2, 0) is 23.7 Å². The van der Waals surface area contributed by atoms with Crippen molar-refractivity contribution in [3.05, 3.63) is 122 Å². The van der Waals surface area contributed by atoms with Crippen molar-refractivity contribution in [1.29, 1.82) is 0 Å². The minimum Gasteiger partial charge on any atom is -0.394 e. The largest absolute Gasteiger partial charge is 0.394 e. The van der Waals surface area contributed by atoms with E-state index in [1.54, 1.807) is 0 Å². The lowest BCUT2D eigenvalue weighted by molar-refractivity contribution is -0.359. The van der Waals surface area contributed by atoms with E-state index in [0.717, 1.165) is 103 Å². The Morgan fingerprint density at radius 2 is 0.896 bits per heavy atom. The van der Waals surface area contributed by atoms with Crippen LogP contribution in [0.25, 0.3) is 0 Å². The highest BCUT2D eigenvalue weighted by atomic mass is 16.7. The van der Waals surface area contributed by atoms with Crippen LogP contribution in [-0.4, -0.2) is 140 Å². The summed E-state index contributed by atoms with van der Waals surface area (Å²) >= 11 is 0. The second kappa shape index (κ2) is 47.2. The molecule has 0 spiro atoms. The maximum Gasteiger partial charge on any atom is 0.220 e. The van der Waals surface area contributed by atoms with Gasteiger partial charge in [-0.1, -0.05) is 200 Å². The van der Waals surface area contributed by atoms with Crippen LogP contribution >= 0.6 is 0 Å². The molecule has 0 aliphatic carbocycles. The van der Waals surface area contributed by atoms with Crippen molar-refractivity contribution in [3.8, 4) is 0 Å². The van der Waals surface area contributed by atoms with Crippen LogP contribution in [0.2, 0.25) is 0 Å². The van der Waals surface area contributed by atoms with E-state index in [-0.39, 0.29) is 18.9 Å². The zero-order chi connectivity index (χ0) is 56.0. The molecule has 2 aliphatic rings. The number of hydrogen-bond donors (Lipinski definition) is 9. The molecule has 2 rings (SSSR count). The molecular formula is C63H103NO13. The number of amides is 1. The Kier molecular flexibility index (Phi) is 42.6. The van der Waals surface area contributed by atoms with E-state index in [1.807, 2.05) is 0 Å². The zero-order valence-electron chi connectivity index (χ0n) is 46.9. The number of nitrogens with one attached hydrogen (secondary N) is 1. The summed E-state index contributed by atoms with van der Waals surface area (Å²) in [5.41, 5.74) is 0. The van der Waals surface area contributed by atoms with Crippen LogP contribution in [0.1, 0.15) is 174 Å². The third-order valence-electron chi connectivity index (χ3n) is 13.4. The quantitative estimate of drug-likeness (QED) is 0.0205. The number of aliphatic hydroxyl groups excluding tert-OH is 8. The maximum atomic E-state index is 13.2. The smallest absolute Gasteiger partial charge is 0.220 e. The predicted octanol–water partition coefficient (Wildman–Crippen LogP) is 9.83. The molecule has 9 N–H and O–H groups in total. The van der Waals surface area contributed by atoms with Gasteiger partial charge in [0.15, 0.2) is 12.6 Å². The Labute approximate surface area is 463 Å². The lowest BCUT2D eigenvalue weighted by Gasteiger charge is -2.46. The van der Waals surface area contributed by atoms with Gasteiger partial charge in [-0.25, -0.2) is 0 Å². The van der Waals surface area contributed by atoms with Gasteiger partial charge in [-0.05, 0) is 89.9 Å². The fourth-order valence-corrected chi connectivity index (χ4v) is 8.73. The third kappa shape index (κ3) is 32.9. The van der Waals surface area contributed by atoms with Gasteiger partial charge in [-0.2, -0.15) is 0 Å². The molecule has 438 valence electrons. The Morgan fingerprint density at radius 3 is 1.35 bits per heavy atom. The van der Waals surface area contributed by atoms with Gasteiger partial charge in [0, 0.05) is 6.42 Å². The van der Waals surface area contributed by atoms with E-state index in [4.69, 9.17) is 18.9 Å². The molecule has 2 saturated heterocycles. The highest BCUT2D eigenvalue weighted by Gasteiger charge is 2.51. The molecule has 0 aromatic rings. The highest BCUT2D eigenvalue weighted by Crippen LogP contribution is 2.30. The summed E-state index contributed by atoms with van der Waals surface area (Å²) in [6.45, 7) is 2.66. The Morgan fingerprint density at radius 1 is 0.481 bits per heavy atom. The molecule has 14 heteroatoms. The number of ether oxygens (including phenoxy) is 4. The fraction of sp³-hybridized carbons (Fsp3) is 0.667. The first-order valence-electron chi connectivity index (χ1n) is 29.3. The number of aliphatic hydroxyl groups is 8. The van der Waals surface area contributed by atoms with Gasteiger partial charge >= 0.3 is 0 Å². The van der Waals surface area contributed by atoms with Crippen LogP contribution < -0.4 is 5.32 Å². The maximum absolute atomic E-state index is 13.2. The second-order valence-corrected chi connectivity index (χ2v) is 20.0. The standard InChI is InChI=1S/C63H103NO13/c1-3-5-7-9-11-13-15-16-17-18-19-20-21-22-23-24-25-26-27-28-29-30-31-32-33-34-35-36-37-39-41-43-45-47-55(68)64-51(52(67)46-44-42-40-38-14-12-10-8-6-4-2)50-74-62-60(73)58(71)61(54(49-66)76-62)77-63-59(72)57(70)56(69)53(48-65)75-63/h5,7,11,13,16-17,19-20,22-23,25-26,28-29,31-32,34-35,37,39,51-54,56-63,65-67,69-73H,3-4,6,8-10,12,14-15,18,21,24,27,30,33,36,38,40-50H2,1-2H3,(H,64,68)/b7-5-,13-11-,17-16-,20-19-,23-22-,26-25-,29-28-,32-31-,35-34-,39-37-. The van der Waals surface area contributed by atoms with E-state index in [0.29, 0.717) is 12.8 Å². The van der Waals surface area contributed by atoms with Crippen molar-refractivity contribution in [2.75, 3.05) is 19.8 Å². The topological polar surface area (TPSA) is 228 Å². The normalized spacial score (nSPS) is 25.6. The number of unbranched alkanes of at least 4 members (excludes halogenated alkanes) is 11. The van der Waals surface area contributed by atoms with Gasteiger partial charge in [0.2, 0.25) is 5.91 Å². The Bertz CT molecular complexity index is 1750. The molecule has 0 bridgehead atoms. The lowest BCUT2D eigenvalue weighted by Crippen LogP contribution is -2.65. The molecule has 12 unspecified atom stereocenters. The molecule has 0 saturated carbocycles. The summed E-state index contributed by atoms with van der Waals surface area (Å²) in [4.78, 5) is 13.2. The van der Waals surface area contributed by atoms with E-state index in [1.165, 1.54) is 38.5 Å². The van der Waals surface area contributed by atoms with E-state index in [2.05, 4.69) is 141 Å². The van der Waals surface area contributed by atoms with E-state index >= 15 is 0 Å². The summed E-state index contributed by atoms with van der Waals surface area (Å²) < 4.78 is 22.7. The van der Waals surface area contributed by atoms with Gasteiger partial charge < -0.3 is 65.1 Å². The first kappa shape index (κ1) is 69.5. The summed E-state index contributed by atoms with van der Waals surface area (Å²) in [6, 6.07) is -0.860. The second-order valence-electron chi connectivity index (χ2n) is 20.0. The molecule has 0 aromatic heterocycles. The van der Waals surface area contributed by atoms with Crippen molar-refractivity contribution in [3.63, 3.8) is 0 Å².